The van der Waals surface area contributed by atoms with Crippen molar-refractivity contribution in [3.8, 4) is 17.1 Å². The van der Waals surface area contributed by atoms with Gasteiger partial charge in [-0.3, -0.25) is 4.79 Å². The molecule has 0 aliphatic heterocycles. The Labute approximate surface area is 108 Å². The van der Waals surface area contributed by atoms with Crippen LogP contribution in [0.5, 0.6) is 5.75 Å². The lowest BCUT2D eigenvalue weighted by Crippen LogP contribution is -2.18. The van der Waals surface area contributed by atoms with Crippen LogP contribution in [-0.4, -0.2) is 27.7 Å². The molecular formula is C13H12N2O4. The van der Waals surface area contributed by atoms with Gasteiger partial charge in [-0.1, -0.05) is 0 Å². The molecule has 1 aromatic heterocycles. The molecule has 0 spiro atoms. The Bertz CT molecular complexity index is 646. The third kappa shape index (κ3) is 2.79. The van der Waals surface area contributed by atoms with Gasteiger partial charge < -0.3 is 14.8 Å². The van der Waals surface area contributed by atoms with E-state index in [4.69, 9.17) is 9.84 Å². The van der Waals surface area contributed by atoms with E-state index in [-0.39, 0.29) is 5.56 Å². The standard InChI is InChI=1S/C13H12N2O4/c1-2-19-9-5-3-8(4-6-9)11-14-7-10(13(17)18)12(16)15-11/h3-7H,2H2,1H3,(H,17,18)(H,14,15,16). The fourth-order valence-corrected chi connectivity index (χ4v) is 1.57. The predicted octanol–water partition coefficient (Wildman–Crippen LogP) is 1.53. The first kappa shape index (κ1) is 12.8. The first-order valence-electron chi connectivity index (χ1n) is 5.67. The number of aromatic amines is 1. The van der Waals surface area contributed by atoms with Gasteiger partial charge in [0.15, 0.2) is 0 Å². The average molecular weight is 260 g/mol. The number of H-pyrrole nitrogens is 1. The lowest BCUT2D eigenvalue weighted by molar-refractivity contribution is 0.0694. The van der Waals surface area contributed by atoms with Crippen LogP contribution in [0.15, 0.2) is 35.3 Å². The molecule has 0 atom stereocenters. The predicted molar refractivity (Wildman–Crippen MR) is 68.4 cm³/mol. The van der Waals surface area contributed by atoms with Gasteiger partial charge in [0.25, 0.3) is 5.56 Å². The smallest absolute Gasteiger partial charge is 0.342 e. The fourth-order valence-electron chi connectivity index (χ4n) is 1.57. The third-order valence-corrected chi connectivity index (χ3v) is 2.47. The Morgan fingerprint density at radius 1 is 1.37 bits per heavy atom. The molecule has 0 radical (unpaired) electrons. The molecule has 0 saturated carbocycles. The van der Waals surface area contributed by atoms with Crippen LogP contribution in [0.3, 0.4) is 0 Å². The molecule has 0 aliphatic rings. The first-order valence-corrected chi connectivity index (χ1v) is 5.67. The number of aromatic carboxylic acids is 1. The summed E-state index contributed by atoms with van der Waals surface area (Å²) in [6, 6.07) is 6.99. The zero-order valence-corrected chi connectivity index (χ0v) is 10.2. The topological polar surface area (TPSA) is 92.3 Å². The Kier molecular flexibility index (Phi) is 3.61. The van der Waals surface area contributed by atoms with Crippen molar-refractivity contribution < 1.29 is 14.6 Å². The van der Waals surface area contributed by atoms with E-state index in [0.29, 0.717) is 18.0 Å². The largest absolute Gasteiger partial charge is 0.494 e. The number of hydrogen-bond donors (Lipinski definition) is 2. The number of carboxylic acid groups (broad SMARTS) is 1. The maximum absolute atomic E-state index is 11.5. The lowest BCUT2D eigenvalue weighted by atomic mass is 10.2. The van der Waals surface area contributed by atoms with Crippen molar-refractivity contribution in [2.75, 3.05) is 6.61 Å². The fraction of sp³-hybridized carbons (Fsp3) is 0.154. The van der Waals surface area contributed by atoms with Gasteiger partial charge in [0.1, 0.15) is 17.1 Å². The van der Waals surface area contributed by atoms with Crippen LogP contribution >= 0.6 is 0 Å². The van der Waals surface area contributed by atoms with Crippen LogP contribution in [0.1, 0.15) is 17.3 Å². The highest BCUT2D eigenvalue weighted by Gasteiger charge is 2.10. The summed E-state index contributed by atoms with van der Waals surface area (Å²) in [4.78, 5) is 28.6. The number of ether oxygens (including phenoxy) is 1. The van der Waals surface area contributed by atoms with Crippen molar-refractivity contribution in [1.29, 1.82) is 0 Å². The van der Waals surface area contributed by atoms with Crippen molar-refractivity contribution in [2.45, 2.75) is 6.92 Å². The number of benzene rings is 1. The summed E-state index contributed by atoms with van der Waals surface area (Å²) in [7, 11) is 0. The molecule has 19 heavy (non-hydrogen) atoms. The molecular weight excluding hydrogens is 248 g/mol. The molecule has 98 valence electrons. The van der Waals surface area contributed by atoms with Crippen LogP contribution in [0.4, 0.5) is 0 Å². The highest BCUT2D eigenvalue weighted by atomic mass is 16.5. The lowest BCUT2D eigenvalue weighted by Gasteiger charge is -2.04. The van der Waals surface area contributed by atoms with Gasteiger partial charge in [-0.25, -0.2) is 9.78 Å². The zero-order valence-electron chi connectivity index (χ0n) is 10.2. The van der Waals surface area contributed by atoms with Gasteiger partial charge >= 0.3 is 5.97 Å². The van der Waals surface area contributed by atoms with Crippen molar-refractivity contribution >= 4 is 5.97 Å². The molecule has 2 aromatic rings. The Balaban J connectivity index is 2.34. The van der Waals surface area contributed by atoms with E-state index in [0.717, 1.165) is 11.9 Å². The summed E-state index contributed by atoms with van der Waals surface area (Å²) in [5.74, 6) is -0.263. The minimum absolute atomic E-state index is 0.318. The summed E-state index contributed by atoms with van der Waals surface area (Å²) in [5.41, 5.74) is -0.376. The second-order valence-electron chi connectivity index (χ2n) is 3.74. The van der Waals surface area contributed by atoms with Gasteiger partial charge in [-0.2, -0.15) is 0 Å². The summed E-state index contributed by atoms with van der Waals surface area (Å²) >= 11 is 0. The molecule has 0 saturated heterocycles. The minimum atomic E-state index is -1.30. The highest BCUT2D eigenvalue weighted by molar-refractivity contribution is 5.86. The van der Waals surface area contributed by atoms with Crippen LogP contribution in [0.25, 0.3) is 11.4 Å². The zero-order chi connectivity index (χ0) is 13.8. The van der Waals surface area contributed by atoms with Crippen molar-refractivity contribution in [1.82, 2.24) is 9.97 Å². The molecule has 0 amide bonds. The van der Waals surface area contributed by atoms with E-state index in [2.05, 4.69) is 9.97 Å². The summed E-state index contributed by atoms with van der Waals surface area (Å²) in [5, 5.41) is 8.75. The quantitative estimate of drug-likeness (QED) is 0.869. The molecule has 0 fully saturated rings. The SMILES string of the molecule is CCOc1ccc(-c2ncc(C(=O)O)c(=O)[nH]2)cc1. The number of hydrogen-bond acceptors (Lipinski definition) is 4. The Morgan fingerprint density at radius 2 is 2.05 bits per heavy atom. The van der Waals surface area contributed by atoms with Crippen LogP contribution in [0, 0.1) is 0 Å². The van der Waals surface area contributed by atoms with E-state index >= 15 is 0 Å². The van der Waals surface area contributed by atoms with Crippen molar-refractivity contribution in [3.05, 3.63) is 46.4 Å². The van der Waals surface area contributed by atoms with Gasteiger partial charge in [-0.15, -0.1) is 0 Å². The monoisotopic (exact) mass is 260 g/mol. The number of nitrogens with zero attached hydrogens (tertiary/aromatic N) is 1. The molecule has 1 aromatic carbocycles. The van der Waals surface area contributed by atoms with E-state index < -0.39 is 11.5 Å². The average Bonchev–Trinajstić information content (AvgIpc) is 2.39. The molecule has 0 aliphatic carbocycles. The molecule has 2 rings (SSSR count). The van der Waals surface area contributed by atoms with Crippen molar-refractivity contribution in [2.24, 2.45) is 0 Å². The molecule has 2 N–H and O–H groups in total. The van der Waals surface area contributed by atoms with Gasteiger partial charge in [-0.05, 0) is 31.2 Å². The van der Waals surface area contributed by atoms with Crippen molar-refractivity contribution in [3.63, 3.8) is 0 Å². The van der Waals surface area contributed by atoms with E-state index in [9.17, 15) is 9.59 Å². The van der Waals surface area contributed by atoms with Gasteiger partial charge in [0, 0.05) is 11.8 Å². The summed E-state index contributed by atoms with van der Waals surface area (Å²) in [6.07, 6.45) is 1.05. The third-order valence-electron chi connectivity index (χ3n) is 2.47. The molecule has 0 unspecified atom stereocenters. The van der Waals surface area contributed by atoms with Gasteiger partial charge in [0.05, 0.1) is 6.61 Å². The van der Waals surface area contributed by atoms with E-state index in [1.807, 2.05) is 6.92 Å². The number of aromatic nitrogens is 2. The number of rotatable bonds is 4. The van der Waals surface area contributed by atoms with Crippen LogP contribution in [0.2, 0.25) is 0 Å². The summed E-state index contributed by atoms with van der Waals surface area (Å²) in [6.45, 7) is 2.46. The Morgan fingerprint density at radius 3 is 2.58 bits per heavy atom. The van der Waals surface area contributed by atoms with Crippen LogP contribution < -0.4 is 10.3 Å². The second kappa shape index (κ2) is 5.34. The Hall–Kier alpha value is -2.63. The van der Waals surface area contributed by atoms with Gasteiger partial charge in [0.2, 0.25) is 0 Å². The van der Waals surface area contributed by atoms with E-state index in [1.54, 1.807) is 24.3 Å². The molecule has 0 bridgehead atoms. The second-order valence-corrected chi connectivity index (χ2v) is 3.74. The molecule has 6 heteroatoms. The highest BCUT2D eigenvalue weighted by Crippen LogP contribution is 2.18. The normalized spacial score (nSPS) is 10.2. The number of nitrogens with one attached hydrogen (secondary N) is 1. The minimum Gasteiger partial charge on any atom is -0.494 e. The maximum atomic E-state index is 11.5. The number of carboxylic acids is 1. The molecule has 1 heterocycles. The van der Waals surface area contributed by atoms with Crippen LogP contribution in [-0.2, 0) is 0 Å². The molecule has 6 nitrogen and oxygen atoms in total. The first-order chi connectivity index (χ1) is 9.11. The summed E-state index contributed by atoms with van der Waals surface area (Å²) < 4.78 is 5.30. The number of carbonyl (C=O) groups is 1. The van der Waals surface area contributed by atoms with E-state index in [1.165, 1.54) is 0 Å². The maximum Gasteiger partial charge on any atom is 0.342 e.